The molecular formula is C16H34N2. The molecule has 1 rings (SSSR count). The summed E-state index contributed by atoms with van der Waals surface area (Å²) in [6.07, 6.45) is 5.25. The van der Waals surface area contributed by atoms with Gasteiger partial charge in [-0.15, -0.1) is 0 Å². The molecule has 1 N–H and O–H groups in total. The van der Waals surface area contributed by atoms with Crippen LogP contribution in [0.1, 0.15) is 60.3 Å². The van der Waals surface area contributed by atoms with Crippen molar-refractivity contribution in [2.24, 2.45) is 11.8 Å². The van der Waals surface area contributed by atoms with E-state index < -0.39 is 0 Å². The van der Waals surface area contributed by atoms with Crippen LogP contribution in [0.25, 0.3) is 0 Å². The van der Waals surface area contributed by atoms with Crippen LogP contribution in [0.3, 0.4) is 0 Å². The van der Waals surface area contributed by atoms with Crippen molar-refractivity contribution in [2.75, 3.05) is 19.6 Å². The summed E-state index contributed by atoms with van der Waals surface area (Å²) >= 11 is 0. The highest BCUT2D eigenvalue weighted by molar-refractivity contribution is 4.88. The topological polar surface area (TPSA) is 15.3 Å². The zero-order chi connectivity index (χ0) is 13.5. The van der Waals surface area contributed by atoms with Crippen LogP contribution in [0, 0.1) is 11.8 Å². The molecule has 18 heavy (non-hydrogen) atoms. The molecule has 3 unspecified atom stereocenters. The van der Waals surface area contributed by atoms with E-state index in [0.717, 1.165) is 23.9 Å². The molecule has 0 aromatic heterocycles. The molecule has 0 spiro atoms. The van der Waals surface area contributed by atoms with Gasteiger partial charge in [0.15, 0.2) is 0 Å². The highest BCUT2D eigenvalue weighted by Gasteiger charge is 2.29. The second kappa shape index (κ2) is 8.16. The van der Waals surface area contributed by atoms with Crippen LogP contribution in [0.15, 0.2) is 0 Å². The maximum atomic E-state index is 3.76. The third-order valence-electron chi connectivity index (χ3n) is 4.47. The molecule has 0 aliphatic carbocycles. The van der Waals surface area contributed by atoms with Gasteiger partial charge in [-0.3, -0.25) is 4.90 Å². The van der Waals surface area contributed by atoms with Crippen molar-refractivity contribution in [2.45, 2.75) is 72.4 Å². The first-order valence-corrected chi connectivity index (χ1v) is 8.05. The maximum Gasteiger partial charge on any atom is 0.0246 e. The fraction of sp³-hybridized carbons (Fsp3) is 1.00. The van der Waals surface area contributed by atoms with E-state index in [2.05, 4.69) is 44.8 Å². The van der Waals surface area contributed by atoms with Crippen LogP contribution in [-0.2, 0) is 0 Å². The van der Waals surface area contributed by atoms with Gasteiger partial charge in [-0.05, 0) is 31.2 Å². The fourth-order valence-corrected chi connectivity index (χ4v) is 2.96. The molecule has 0 aromatic rings. The Morgan fingerprint density at radius 3 is 2.50 bits per heavy atom. The van der Waals surface area contributed by atoms with Crippen molar-refractivity contribution in [3.05, 3.63) is 0 Å². The Bertz CT molecular complexity index is 215. The van der Waals surface area contributed by atoms with E-state index in [-0.39, 0.29) is 0 Å². The van der Waals surface area contributed by atoms with E-state index in [1.165, 1.54) is 45.3 Å². The van der Waals surface area contributed by atoms with E-state index in [4.69, 9.17) is 0 Å². The fourth-order valence-electron chi connectivity index (χ4n) is 2.96. The monoisotopic (exact) mass is 254 g/mol. The first-order valence-electron chi connectivity index (χ1n) is 8.05. The molecule has 1 heterocycles. The lowest BCUT2D eigenvalue weighted by Crippen LogP contribution is -2.58. The largest absolute Gasteiger partial charge is 0.311 e. The van der Waals surface area contributed by atoms with Gasteiger partial charge in [0.05, 0.1) is 0 Å². The molecule has 2 heteroatoms. The summed E-state index contributed by atoms with van der Waals surface area (Å²) in [5, 5.41) is 3.76. The molecule has 0 aromatic carbocycles. The normalized spacial score (nSPS) is 27.7. The Morgan fingerprint density at radius 2 is 1.94 bits per heavy atom. The summed E-state index contributed by atoms with van der Waals surface area (Å²) in [7, 11) is 0. The molecule has 1 aliphatic rings. The summed E-state index contributed by atoms with van der Waals surface area (Å²) in [4.78, 5) is 2.77. The van der Waals surface area contributed by atoms with Crippen LogP contribution in [0.5, 0.6) is 0 Å². The molecule has 1 fully saturated rings. The molecule has 0 saturated carbocycles. The van der Waals surface area contributed by atoms with Crippen molar-refractivity contribution in [3.8, 4) is 0 Å². The Balaban J connectivity index is 2.54. The number of rotatable bonds is 7. The van der Waals surface area contributed by atoms with Crippen molar-refractivity contribution in [1.82, 2.24) is 10.2 Å². The van der Waals surface area contributed by atoms with Crippen LogP contribution in [0.2, 0.25) is 0 Å². The highest BCUT2D eigenvalue weighted by atomic mass is 15.2. The minimum Gasteiger partial charge on any atom is -0.311 e. The second-order valence-electron chi connectivity index (χ2n) is 6.52. The van der Waals surface area contributed by atoms with Gasteiger partial charge in [0.1, 0.15) is 0 Å². The maximum absolute atomic E-state index is 3.76. The summed E-state index contributed by atoms with van der Waals surface area (Å²) in [6.45, 7) is 15.4. The average molecular weight is 254 g/mol. The van der Waals surface area contributed by atoms with Crippen molar-refractivity contribution in [1.29, 1.82) is 0 Å². The molecule has 1 saturated heterocycles. The highest BCUT2D eigenvalue weighted by Crippen LogP contribution is 2.20. The third kappa shape index (κ3) is 4.89. The number of nitrogens with one attached hydrogen (secondary N) is 1. The van der Waals surface area contributed by atoms with E-state index in [1.807, 2.05) is 0 Å². The zero-order valence-electron chi connectivity index (χ0n) is 13.2. The lowest BCUT2D eigenvalue weighted by molar-refractivity contribution is 0.0842. The van der Waals surface area contributed by atoms with Gasteiger partial charge >= 0.3 is 0 Å². The Hall–Kier alpha value is -0.0800. The van der Waals surface area contributed by atoms with E-state index in [0.29, 0.717) is 0 Å². The van der Waals surface area contributed by atoms with Crippen LogP contribution >= 0.6 is 0 Å². The molecule has 0 bridgehead atoms. The molecule has 0 amide bonds. The Morgan fingerprint density at radius 1 is 1.22 bits per heavy atom. The second-order valence-corrected chi connectivity index (χ2v) is 6.52. The smallest absolute Gasteiger partial charge is 0.0246 e. The molecular weight excluding hydrogens is 220 g/mol. The van der Waals surface area contributed by atoms with Crippen molar-refractivity contribution in [3.63, 3.8) is 0 Å². The zero-order valence-corrected chi connectivity index (χ0v) is 13.2. The van der Waals surface area contributed by atoms with Crippen LogP contribution < -0.4 is 5.32 Å². The van der Waals surface area contributed by atoms with Gasteiger partial charge in [-0.25, -0.2) is 0 Å². The lowest BCUT2D eigenvalue weighted by Gasteiger charge is -2.43. The van der Waals surface area contributed by atoms with Crippen molar-refractivity contribution < 1.29 is 0 Å². The predicted molar refractivity (Wildman–Crippen MR) is 81.0 cm³/mol. The predicted octanol–water partition coefficient (Wildman–Crippen LogP) is 3.52. The van der Waals surface area contributed by atoms with E-state index >= 15 is 0 Å². The lowest BCUT2D eigenvalue weighted by atomic mass is 9.93. The SMILES string of the molecule is CCCC1CN(CCC(C)C)C(C(C)CC)CN1. The standard InChI is InChI=1S/C16H34N2/c1-6-8-15-12-18(10-9-13(3)4)16(11-17-15)14(5)7-2/h13-17H,6-12H2,1-5H3. The Labute approximate surface area is 115 Å². The molecule has 108 valence electrons. The van der Waals surface area contributed by atoms with Crippen molar-refractivity contribution >= 4 is 0 Å². The van der Waals surface area contributed by atoms with Crippen LogP contribution in [-0.4, -0.2) is 36.6 Å². The molecule has 3 atom stereocenters. The number of hydrogen-bond donors (Lipinski definition) is 1. The summed E-state index contributed by atoms with van der Waals surface area (Å²) < 4.78 is 0. The molecule has 2 nitrogen and oxygen atoms in total. The summed E-state index contributed by atoms with van der Waals surface area (Å²) in [6, 6.07) is 1.48. The van der Waals surface area contributed by atoms with Gasteiger partial charge < -0.3 is 5.32 Å². The quantitative estimate of drug-likeness (QED) is 0.748. The van der Waals surface area contributed by atoms with Gasteiger partial charge in [0.25, 0.3) is 0 Å². The Kier molecular flexibility index (Phi) is 7.25. The third-order valence-corrected chi connectivity index (χ3v) is 4.47. The number of piperazine rings is 1. The average Bonchev–Trinajstić information content (AvgIpc) is 2.36. The van der Waals surface area contributed by atoms with Gasteiger partial charge in [0, 0.05) is 25.2 Å². The minimum absolute atomic E-state index is 0.725. The van der Waals surface area contributed by atoms with Gasteiger partial charge in [0.2, 0.25) is 0 Å². The minimum atomic E-state index is 0.725. The molecule has 0 radical (unpaired) electrons. The molecule has 1 aliphatic heterocycles. The summed E-state index contributed by atoms with van der Waals surface area (Å²) in [5.74, 6) is 1.63. The summed E-state index contributed by atoms with van der Waals surface area (Å²) in [5.41, 5.74) is 0. The van der Waals surface area contributed by atoms with Crippen LogP contribution in [0.4, 0.5) is 0 Å². The van der Waals surface area contributed by atoms with Gasteiger partial charge in [-0.2, -0.15) is 0 Å². The van der Waals surface area contributed by atoms with E-state index in [1.54, 1.807) is 0 Å². The first-order chi connectivity index (χ1) is 8.58. The number of nitrogens with zero attached hydrogens (tertiary/aromatic N) is 1. The number of hydrogen-bond acceptors (Lipinski definition) is 2. The van der Waals surface area contributed by atoms with E-state index in [9.17, 15) is 0 Å². The van der Waals surface area contributed by atoms with Gasteiger partial charge in [-0.1, -0.05) is 47.5 Å². The first kappa shape index (κ1) is 16.0.